The van der Waals surface area contributed by atoms with Crippen molar-refractivity contribution < 1.29 is 17.9 Å². The Hall–Kier alpha value is -1.31. The molecule has 0 bridgehead atoms. The zero-order valence-corrected chi connectivity index (χ0v) is 11.4. The van der Waals surface area contributed by atoms with Crippen molar-refractivity contribution in [2.45, 2.75) is 13.2 Å². The molecule has 0 atom stereocenters. The van der Waals surface area contributed by atoms with Gasteiger partial charge in [0.05, 0.1) is 6.54 Å². The van der Waals surface area contributed by atoms with Crippen molar-refractivity contribution >= 4 is 28.3 Å². The molecule has 96 valence electrons. The van der Waals surface area contributed by atoms with Gasteiger partial charge in [-0.3, -0.25) is 0 Å². The average Bonchev–Trinajstić information content (AvgIpc) is 2.74. The lowest BCUT2D eigenvalue weighted by Crippen LogP contribution is -2.02. The molecule has 0 unspecified atom stereocenters. The number of halogens is 3. The monoisotopic (exact) mass is 365 g/mol. The van der Waals surface area contributed by atoms with E-state index in [1.165, 1.54) is 12.1 Å². The smallest absolute Gasteiger partial charge is 0.387 e. The van der Waals surface area contributed by atoms with Crippen LogP contribution in [0.25, 0.3) is 0 Å². The third-order valence-corrected chi connectivity index (χ3v) is 2.75. The number of anilines is 1. The van der Waals surface area contributed by atoms with Gasteiger partial charge in [0.2, 0.25) is 0 Å². The summed E-state index contributed by atoms with van der Waals surface area (Å²) in [6.07, 6.45) is 0. The van der Waals surface area contributed by atoms with E-state index >= 15 is 0 Å². The maximum absolute atomic E-state index is 11.9. The summed E-state index contributed by atoms with van der Waals surface area (Å²) in [4.78, 5) is 0. The molecule has 0 amide bonds. The molecular weight excluding hydrogens is 355 g/mol. The van der Waals surface area contributed by atoms with Crippen LogP contribution in [0, 0.1) is 3.77 Å². The van der Waals surface area contributed by atoms with Crippen molar-refractivity contribution in [1.29, 1.82) is 0 Å². The summed E-state index contributed by atoms with van der Waals surface area (Å²) in [5.74, 6) is 0.954. The van der Waals surface area contributed by atoms with E-state index in [4.69, 9.17) is 4.42 Å². The predicted molar refractivity (Wildman–Crippen MR) is 71.8 cm³/mol. The Morgan fingerprint density at radius 2 is 1.89 bits per heavy atom. The molecule has 3 nitrogen and oxygen atoms in total. The van der Waals surface area contributed by atoms with Gasteiger partial charge in [-0.2, -0.15) is 8.78 Å². The molecule has 0 aliphatic carbocycles. The number of hydrogen-bond acceptors (Lipinski definition) is 3. The predicted octanol–water partition coefficient (Wildman–Crippen LogP) is 4.10. The highest BCUT2D eigenvalue weighted by molar-refractivity contribution is 14.1. The molecule has 2 aromatic rings. The van der Waals surface area contributed by atoms with Crippen LogP contribution in [0.3, 0.4) is 0 Å². The van der Waals surface area contributed by atoms with Crippen LogP contribution in [-0.2, 0) is 6.54 Å². The zero-order chi connectivity index (χ0) is 13.0. The van der Waals surface area contributed by atoms with Crippen molar-refractivity contribution in [2.24, 2.45) is 0 Å². The molecule has 6 heteroatoms. The fourth-order valence-electron chi connectivity index (χ4n) is 1.39. The van der Waals surface area contributed by atoms with Crippen molar-refractivity contribution in [3.8, 4) is 5.75 Å². The Bertz CT molecular complexity index is 499. The third kappa shape index (κ3) is 3.86. The molecule has 1 aromatic carbocycles. The summed E-state index contributed by atoms with van der Waals surface area (Å²) in [7, 11) is 0. The Morgan fingerprint density at radius 3 is 2.44 bits per heavy atom. The third-order valence-electron chi connectivity index (χ3n) is 2.18. The first kappa shape index (κ1) is 13.1. The Labute approximate surface area is 116 Å². The standard InChI is InChI=1S/C12H10F2INO2/c13-12(14)18-9-3-1-8(2-4-9)16-7-10-5-6-11(15)17-10/h1-6,12,16H,7H2. The fraction of sp³-hybridized carbons (Fsp3) is 0.167. The SMILES string of the molecule is FC(F)Oc1ccc(NCc2ccc(I)o2)cc1. The molecule has 0 saturated carbocycles. The number of alkyl halides is 2. The van der Waals surface area contributed by atoms with E-state index in [0.717, 1.165) is 15.2 Å². The van der Waals surface area contributed by atoms with Crippen LogP contribution in [0.5, 0.6) is 5.75 Å². The van der Waals surface area contributed by atoms with Crippen LogP contribution in [-0.4, -0.2) is 6.61 Å². The van der Waals surface area contributed by atoms with E-state index < -0.39 is 6.61 Å². The van der Waals surface area contributed by atoms with Gasteiger partial charge in [0.1, 0.15) is 11.5 Å². The van der Waals surface area contributed by atoms with E-state index in [9.17, 15) is 8.78 Å². The van der Waals surface area contributed by atoms with Gasteiger partial charge in [0.15, 0.2) is 3.77 Å². The number of rotatable bonds is 5. The van der Waals surface area contributed by atoms with Gasteiger partial charge in [-0.05, 0) is 59.0 Å². The number of benzene rings is 1. The van der Waals surface area contributed by atoms with Gasteiger partial charge in [-0.1, -0.05) is 0 Å². The second-order valence-electron chi connectivity index (χ2n) is 3.46. The minimum absolute atomic E-state index is 0.142. The average molecular weight is 365 g/mol. The minimum Gasteiger partial charge on any atom is -0.454 e. The topological polar surface area (TPSA) is 34.4 Å². The normalized spacial score (nSPS) is 10.7. The van der Waals surface area contributed by atoms with E-state index in [1.807, 2.05) is 12.1 Å². The Balaban J connectivity index is 1.90. The van der Waals surface area contributed by atoms with E-state index in [1.54, 1.807) is 12.1 Å². The van der Waals surface area contributed by atoms with Crippen molar-refractivity contribution in [3.63, 3.8) is 0 Å². The van der Waals surface area contributed by atoms with E-state index in [-0.39, 0.29) is 5.75 Å². The maximum atomic E-state index is 11.9. The lowest BCUT2D eigenvalue weighted by atomic mass is 10.3. The van der Waals surface area contributed by atoms with Crippen LogP contribution in [0.15, 0.2) is 40.8 Å². The molecule has 0 saturated heterocycles. The zero-order valence-electron chi connectivity index (χ0n) is 9.20. The highest BCUT2D eigenvalue weighted by Crippen LogP contribution is 2.18. The summed E-state index contributed by atoms with van der Waals surface area (Å²) < 4.78 is 34.3. The second kappa shape index (κ2) is 6.03. The van der Waals surface area contributed by atoms with E-state index in [2.05, 4.69) is 32.6 Å². The van der Waals surface area contributed by atoms with Crippen LogP contribution in [0.4, 0.5) is 14.5 Å². The second-order valence-corrected chi connectivity index (χ2v) is 4.53. The molecule has 0 radical (unpaired) electrons. The molecule has 1 N–H and O–H groups in total. The van der Waals surface area contributed by atoms with Crippen molar-refractivity contribution in [1.82, 2.24) is 0 Å². The molecule has 0 fully saturated rings. The van der Waals surface area contributed by atoms with Gasteiger partial charge in [-0.15, -0.1) is 0 Å². The molecule has 2 rings (SSSR count). The molecule has 1 aromatic heterocycles. The van der Waals surface area contributed by atoms with Crippen molar-refractivity contribution in [3.05, 3.63) is 45.9 Å². The minimum atomic E-state index is -2.80. The van der Waals surface area contributed by atoms with Crippen LogP contribution >= 0.6 is 22.6 Å². The van der Waals surface area contributed by atoms with Crippen LogP contribution < -0.4 is 10.1 Å². The number of ether oxygens (including phenoxy) is 1. The van der Waals surface area contributed by atoms with Gasteiger partial charge in [-0.25, -0.2) is 0 Å². The summed E-state index contributed by atoms with van der Waals surface area (Å²) >= 11 is 2.09. The Morgan fingerprint density at radius 1 is 1.17 bits per heavy atom. The molecule has 18 heavy (non-hydrogen) atoms. The first-order valence-electron chi connectivity index (χ1n) is 5.16. The van der Waals surface area contributed by atoms with Crippen LogP contribution in [0.1, 0.15) is 5.76 Å². The van der Waals surface area contributed by atoms with Gasteiger partial charge >= 0.3 is 6.61 Å². The summed E-state index contributed by atoms with van der Waals surface area (Å²) in [5, 5.41) is 3.11. The fourth-order valence-corrected chi connectivity index (χ4v) is 1.85. The highest BCUT2D eigenvalue weighted by Gasteiger charge is 2.04. The number of furan rings is 1. The maximum Gasteiger partial charge on any atom is 0.387 e. The summed E-state index contributed by atoms with van der Waals surface area (Å²) in [6.45, 7) is -2.26. The highest BCUT2D eigenvalue weighted by atomic mass is 127. The molecule has 1 heterocycles. The quantitative estimate of drug-likeness (QED) is 0.811. The van der Waals surface area contributed by atoms with E-state index in [0.29, 0.717) is 6.54 Å². The molecular formula is C12H10F2INO2. The summed E-state index contributed by atoms with van der Waals surface area (Å²) in [6, 6.07) is 10.1. The molecule has 0 spiro atoms. The first-order valence-corrected chi connectivity index (χ1v) is 6.24. The first-order chi connectivity index (χ1) is 8.63. The lowest BCUT2D eigenvalue weighted by molar-refractivity contribution is -0.0498. The molecule has 0 aliphatic heterocycles. The Kier molecular flexibility index (Phi) is 4.40. The lowest BCUT2D eigenvalue weighted by Gasteiger charge is -2.07. The van der Waals surface area contributed by atoms with Gasteiger partial charge in [0, 0.05) is 5.69 Å². The molecule has 0 aliphatic rings. The number of nitrogens with one attached hydrogen (secondary N) is 1. The van der Waals surface area contributed by atoms with Crippen molar-refractivity contribution in [2.75, 3.05) is 5.32 Å². The van der Waals surface area contributed by atoms with Crippen LogP contribution in [0.2, 0.25) is 0 Å². The van der Waals surface area contributed by atoms with Gasteiger partial charge < -0.3 is 14.5 Å². The largest absolute Gasteiger partial charge is 0.454 e. The van der Waals surface area contributed by atoms with Gasteiger partial charge in [0.25, 0.3) is 0 Å². The summed E-state index contributed by atoms with van der Waals surface area (Å²) in [5.41, 5.74) is 0.808. The number of hydrogen-bond donors (Lipinski definition) is 1.